The fraction of sp³-hybridized carbons (Fsp3) is 0.529. The molecule has 0 radical (unpaired) electrons. The zero-order valence-electron chi connectivity index (χ0n) is 13.1. The number of rotatable bonds is 3. The Kier molecular flexibility index (Phi) is 5.41. The summed E-state index contributed by atoms with van der Waals surface area (Å²) < 4.78 is 9.40. The normalized spacial score (nSPS) is 15.9. The zero-order valence-corrected chi connectivity index (χ0v) is 13.1. The minimum absolute atomic E-state index is 0.0182. The highest BCUT2D eigenvalue weighted by atomic mass is 16.5. The third-order valence-electron chi connectivity index (χ3n) is 4.27. The number of phenols is 1. The summed E-state index contributed by atoms with van der Waals surface area (Å²) in [5, 5.41) is 10.2. The minimum Gasteiger partial charge on any atom is -0.506 e. The molecular formula is C17H22O5. The average Bonchev–Trinajstić information content (AvgIpc) is 2.83. The van der Waals surface area contributed by atoms with Gasteiger partial charge in [-0.2, -0.15) is 0 Å². The first-order valence-corrected chi connectivity index (χ1v) is 7.62. The van der Waals surface area contributed by atoms with Crippen molar-refractivity contribution in [1.29, 1.82) is 0 Å². The number of ether oxygens (including phenoxy) is 2. The molecule has 1 aromatic rings. The summed E-state index contributed by atoms with van der Waals surface area (Å²) >= 11 is 0. The smallest absolute Gasteiger partial charge is 0.341 e. The third-order valence-corrected chi connectivity index (χ3v) is 4.27. The Bertz CT molecular complexity index is 519. The van der Waals surface area contributed by atoms with Gasteiger partial charge in [0.25, 0.3) is 0 Å². The van der Waals surface area contributed by atoms with Crippen molar-refractivity contribution in [2.75, 3.05) is 14.2 Å². The van der Waals surface area contributed by atoms with E-state index in [4.69, 9.17) is 9.47 Å². The fourth-order valence-electron chi connectivity index (χ4n) is 3.04. The second kappa shape index (κ2) is 7.29. The molecule has 0 aromatic heterocycles. The summed E-state index contributed by atoms with van der Waals surface area (Å²) in [6.45, 7) is 0. The van der Waals surface area contributed by atoms with Crippen LogP contribution in [0.1, 0.15) is 70.7 Å². The molecule has 0 unspecified atom stereocenters. The summed E-state index contributed by atoms with van der Waals surface area (Å²) in [7, 11) is 2.50. The van der Waals surface area contributed by atoms with Gasteiger partial charge in [0.2, 0.25) is 0 Å². The van der Waals surface area contributed by atoms with Crippen LogP contribution in [-0.2, 0) is 9.47 Å². The van der Waals surface area contributed by atoms with Crippen LogP contribution in [0.4, 0.5) is 0 Å². The molecule has 0 atom stereocenters. The molecule has 0 bridgehead atoms. The fourth-order valence-corrected chi connectivity index (χ4v) is 3.04. The van der Waals surface area contributed by atoms with Gasteiger partial charge in [-0.25, -0.2) is 9.59 Å². The highest BCUT2D eigenvalue weighted by Gasteiger charge is 2.24. The highest BCUT2D eigenvalue weighted by molar-refractivity contribution is 6.00. The van der Waals surface area contributed by atoms with E-state index in [0.717, 1.165) is 31.2 Å². The minimum atomic E-state index is -0.655. The Morgan fingerprint density at radius 2 is 1.41 bits per heavy atom. The Morgan fingerprint density at radius 1 is 0.955 bits per heavy atom. The Morgan fingerprint density at radius 3 is 1.82 bits per heavy atom. The van der Waals surface area contributed by atoms with E-state index in [0.29, 0.717) is 0 Å². The number of carbonyl (C=O) groups excluding carboxylic acids is 2. The van der Waals surface area contributed by atoms with Crippen molar-refractivity contribution < 1.29 is 24.2 Å². The van der Waals surface area contributed by atoms with Crippen LogP contribution in [0, 0.1) is 0 Å². The van der Waals surface area contributed by atoms with E-state index < -0.39 is 11.9 Å². The van der Waals surface area contributed by atoms with Crippen LogP contribution in [0.15, 0.2) is 12.1 Å². The van der Waals surface area contributed by atoms with E-state index in [1.54, 1.807) is 12.1 Å². The lowest BCUT2D eigenvalue weighted by atomic mass is 9.89. The number of hydrogen-bond donors (Lipinski definition) is 1. The molecule has 5 nitrogen and oxygen atoms in total. The monoisotopic (exact) mass is 306 g/mol. The number of phenolic OH excluding ortho intramolecular Hbond substituents is 1. The van der Waals surface area contributed by atoms with Gasteiger partial charge in [0.05, 0.1) is 14.2 Å². The lowest BCUT2D eigenvalue weighted by Gasteiger charge is -2.17. The van der Waals surface area contributed by atoms with Gasteiger partial charge in [-0.3, -0.25) is 0 Å². The summed E-state index contributed by atoms with van der Waals surface area (Å²) in [6, 6.07) is 3.28. The average molecular weight is 306 g/mol. The molecule has 5 heteroatoms. The largest absolute Gasteiger partial charge is 0.506 e. The third kappa shape index (κ3) is 3.40. The lowest BCUT2D eigenvalue weighted by molar-refractivity contribution is 0.0592. The molecule has 22 heavy (non-hydrogen) atoms. The van der Waals surface area contributed by atoms with Gasteiger partial charge in [-0.1, -0.05) is 25.7 Å². The zero-order chi connectivity index (χ0) is 16.1. The van der Waals surface area contributed by atoms with Crippen LogP contribution in [0.2, 0.25) is 0 Å². The Balaban J connectivity index is 2.48. The molecule has 1 aliphatic carbocycles. The predicted octanol–water partition coefficient (Wildman–Crippen LogP) is 3.40. The standard InChI is InChI=1S/C17H22O5/c1-21-16(19)13-9-12(11-7-5-3-4-6-8-11)10-14(15(13)18)17(20)22-2/h9-11,18H,3-8H2,1-2H3. The molecule has 0 saturated heterocycles. The van der Waals surface area contributed by atoms with E-state index >= 15 is 0 Å². The molecule has 2 rings (SSSR count). The summed E-state index contributed by atoms with van der Waals surface area (Å²) in [5.74, 6) is -1.40. The molecule has 1 aromatic carbocycles. The van der Waals surface area contributed by atoms with Crippen molar-refractivity contribution in [2.24, 2.45) is 0 Å². The molecule has 1 aliphatic rings. The maximum atomic E-state index is 11.9. The summed E-state index contributed by atoms with van der Waals surface area (Å²) in [4.78, 5) is 23.7. The molecule has 1 N–H and O–H groups in total. The summed E-state index contributed by atoms with van der Waals surface area (Å²) in [5.41, 5.74) is 0.926. The van der Waals surface area contributed by atoms with Crippen molar-refractivity contribution in [3.8, 4) is 5.75 Å². The van der Waals surface area contributed by atoms with Gasteiger partial charge >= 0.3 is 11.9 Å². The quantitative estimate of drug-likeness (QED) is 0.684. The van der Waals surface area contributed by atoms with Crippen LogP contribution in [0.3, 0.4) is 0 Å². The van der Waals surface area contributed by atoms with E-state index in [2.05, 4.69) is 0 Å². The van der Waals surface area contributed by atoms with Crippen molar-refractivity contribution >= 4 is 11.9 Å². The number of carbonyl (C=O) groups is 2. The molecule has 0 amide bonds. The van der Waals surface area contributed by atoms with Gasteiger partial charge in [-0.05, 0) is 36.5 Å². The van der Waals surface area contributed by atoms with Crippen molar-refractivity contribution in [3.63, 3.8) is 0 Å². The summed E-state index contributed by atoms with van der Waals surface area (Å²) in [6.07, 6.45) is 6.72. The van der Waals surface area contributed by atoms with Crippen LogP contribution >= 0.6 is 0 Å². The van der Waals surface area contributed by atoms with Crippen LogP contribution in [0.5, 0.6) is 5.75 Å². The SMILES string of the molecule is COC(=O)c1cc(C2CCCCCC2)cc(C(=O)OC)c1O. The Labute approximate surface area is 130 Å². The number of esters is 2. The molecule has 0 spiro atoms. The number of aromatic hydroxyl groups is 1. The van der Waals surface area contributed by atoms with E-state index in [9.17, 15) is 14.7 Å². The first kappa shape index (κ1) is 16.3. The van der Waals surface area contributed by atoms with Crippen molar-refractivity contribution in [3.05, 3.63) is 28.8 Å². The topological polar surface area (TPSA) is 72.8 Å². The highest BCUT2D eigenvalue weighted by Crippen LogP contribution is 2.36. The van der Waals surface area contributed by atoms with Crippen molar-refractivity contribution in [1.82, 2.24) is 0 Å². The first-order chi connectivity index (χ1) is 10.6. The molecule has 120 valence electrons. The second-order valence-corrected chi connectivity index (χ2v) is 5.64. The maximum absolute atomic E-state index is 11.9. The van der Waals surface area contributed by atoms with Crippen molar-refractivity contribution in [2.45, 2.75) is 44.4 Å². The molecule has 0 heterocycles. The molecule has 0 aliphatic heterocycles. The Hall–Kier alpha value is -2.04. The first-order valence-electron chi connectivity index (χ1n) is 7.62. The number of benzene rings is 1. The number of methoxy groups -OCH3 is 2. The molecule has 1 fully saturated rings. The lowest BCUT2D eigenvalue weighted by Crippen LogP contribution is -2.10. The maximum Gasteiger partial charge on any atom is 0.341 e. The van der Waals surface area contributed by atoms with Crippen LogP contribution in [0.25, 0.3) is 0 Å². The molecular weight excluding hydrogens is 284 g/mol. The number of hydrogen-bond acceptors (Lipinski definition) is 5. The van der Waals surface area contributed by atoms with E-state index in [1.807, 2.05) is 0 Å². The predicted molar refractivity (Wildman–Crippen MR) is 81.2 cm³/mol. The van der Waals surface area contributed by atoms with Gasteiger partial charge in [0.15, 0.2) is 0 Å². The van der Waals surface area contributed by atoms with Gasteiger partial charge in [-0.15, -0.1) is 0 Å². The van der Waals surface area contributed by atoms with Crippen LogP contribution < -0.4 is 0 Å². The van der Waals surface area contributed by atoms with Gasteiger partial charge < -0.3 is 14.6 Å². The van der Waals surface area contributed by atoms with E-state index in [-0.39, 0.29) is 22.8 Å². The van der Waals surface area contributed by atoms with Crippen LogP contribution in [-0.4, -0.2) is 31.3 Å². The van der Waals surface area contributed by atoms with Gasteiger partial charge in [0, 0.05) is 0 Å². The molecule has 1 saturated carbocycles. The second-order valence-electron chi connectivity index (χ2n) is 5.64. The van der Waals surface area contributed by atoms with E-state index in [1.165, 1.54) is 27.1 Å². The van der Waals surface area contributed by atoms with Gasteiger partial charge in [0.1, 0.15) is 16.9 Å².